The highest BCUT2D eigenvalue weighted by Gasteiger charge is 2.25. The van der Waals surface area contributed by atoms with Gasteiger partial charge in [-0.3, -0.25) is 33.9 Å². The van der Waals surface area contributed by atoms with Gasteiger partial charge in [-0.1, -0.05) is 12.1 Å². The summed E-state index contributed by atoms with van der Waals surface area (Å²) in [6.45, 7) is -0.612. The fourth-order valence-electron chi connectivity index (χ4n) is 2.64. The largest absolute Gasteiger partial charge is 0.365 e. The van der Waals surface area contributed by atoms with Gasteiger partial charge < -0.3 is 16.4 Å². The summed E-state index contributed by atoms with van der Waals surface area (Å²) in [6, 6.07) is 7.21. The number of nitro groups is 1. The zero-order valence-electron chi connectivity index (χ0n) is 15.1. The highest BCUT2D eigenvalue weighted by Crippen LogP contribution is 2.21. The molecule has 1 fully saturated rings. The topological polar surface area (TPSA) is 166 Å². The lowest BCUT2D eigenvalue weighted by molar-refractivity contribution is -0.385. The molecule has 3 rings (SSSR count). The minimum Gasteiger partial charge on any atom is -0.365 e. The third-order valence-corrected chi connectivity index (χ3v) is 4.22. The number of nitrogens with zero attached hydrogens (tertiary/aromatic N) is 2. The van der Waals surface area contributed by atoms with Gasteiger partial charge in [0.1, 0.15) is 12.1 Å². The Hall–Kier alpha value is -4.02. The van der Waals surface area contributed by atoms with Gasteiger partial charge in [-0.15, -0.1) is 0 Å². The van der Waals surface area contributed by atoms with E-state index in [1.54, 1.807) is 12.1 Å². The van der Waals surface area contributed by atoms with Crippen LogP contribution < -0.4 is 21.9 Å². The number of hydrogen-bond acceptors (Lipinski definition) is 6. The van der Waals surface area contributed by atoms with E-state index in [4.69, 9.17) is 5.73 Å². The van der Waals surface area contributed by atoms with E-state index in [-0.39, 0.29) is 23.2 Å². The molecule has 0 spiro atoms. The lowest BCUT2D eigenvalue weighted by Crippen LogP contribution is -2.33. The molecule has 0 bridgehead atoms. The first-order chi connectivity index (χ1) is 13.8. The molecule has 1 aromatic carbocycles. The fraction of sp³-hybridized carbons (Fsp3) is 0.222. The molecule has 29 heavy (non-hydrogen) atoms. The number of pyridine rings is 1. The maximum absolute atomic E-state index is 12.4. The first-order valence-corrected chi connectivity index (χ1v) is 8.64. The number of hydrogen-bond donors (Lipinski definition) is 3. The molecule has 0 saturated heterocycles. The monoisotopic (exact) mass is 399 g/mol. The molecule has 0 atom stereocenters. The lowest BCUT2D eigenvalue weighted by atomic mass is 10.1. The number of anilines is 1. The lowest BCUT2D eigenvalue weighted by Gasteiger charge is -2.12. The Labute approximate surface area is 163 Å². The molecule has 11 heteroatoms. The van der Waals surface area contributed by atoms with Crippen molar-refractivity contribution in [2.45, 2.75) is 25.4 Å². The zero-order valence-corrected chi connectivity index (χ0v) is 15.1. The van der Waals surface area contributed by atoms with Gasteiger partial charge in [-0.05, 0) is 25.0 Å². The maximum atomic E-state index is 12.4. The van der Waals surface area contributed by atoms with E-state index in [2.05, 4.69) is 10.6 Å². The molecule has 2 aromatic rings. The van der Waals surface area contributed by atoms with E-state index >= 15 is 0 Å². The molecule has 1 aliphatic carbocycles. The fourth-order valence-corrected chi connectivity index (χ4v) is 2.64. The number of amides is 3. The van der Waals surface area contributed by atoms with E-state index in [1.807, 2.05) is 0 Å². The second-order valence-corrected chi connectivity index (χ2v) is 6.51. The number of carbonyl (C=O) groups is 3. The number of benzene rings is 1. The van der Waals surface area contributed by atoms with Crippen LogP contribution in [0.5, 0.6) is 0 Å². The molecule has 0 radical (unpaired) electrons. The van der Waals surface area contributed by atoms with Crippen molar-refractivity contribution in [2.75, 3.05) is 5.32 Å². The molecule has 4 N–H and O–H groups in total. The molecule has 1 heterocycles. The third kappa shape index (κ3) is 4.64. The number of primary amides is 1. The zero-order chi connectivity index (χ0) is 21.1. The van der Waals surface area contributed by atoms with Crippen LogP contribution in [0.2, 0.25) is 0 Å². The number of rotatable bonds is 7. The highest BCUT2D eigenvalue weighted by molar-refractivity contribution is 6.04. The van der Waals surface area contributed by atoms with Gasteiger partial charge in [-0.2, -0.15) is 0 Å². The Morgan fingerprint density at radius 2 is 1.90 bits per heavy atom. The van der Waals surface area contributed by atoms with Crippen molar-refractivity contribution in [3.05, 3.63) is 68.1 Å². The van der Waals surface area contributed by atoms with Gasteiger partial charge in [0.15, 0.2) is 0 Å². The van der Waals surface area contributed by atoms with E-state index in [0.717, 1.165) is 29.7 Å². The summed E-state index contributed by atoms with van der Waals surface area (Å²) in [5.41, 5.74) is 3.47. The molecule has 0 unspecified atom stereocenters. The molecule has 150 valence electrons. The van der Waals surface area contributed by atoms with Crippen molar-refractivity contribution in [1.29, 1.82) is 0 Å². The summed E-state index contributed by atoms with van der Waals surface area (Å²) in [5.74, 6) is -2.20. The van der Waals surface area contributed by atoms with Crippen LogP contribution in [0.15, 0.2) is 41.3 Å². The van der Waals surface area contributed by atoms with Gasteiger partial charge >= 0.3 is 0 Å². The predicted octanol–water partition coefficient (Wildman–Crippen LogP) is 0.386. The Morgan fingerprint density at radius 3 is 2.52 bits per heavy atom. The molecule has 0 aliphatic heterocycles. The minimum atomic E-state index is -1.14. The Kier molecular flexibility index (Phi) is 5.39. The standard InChI is InChI=1S/C18H17N5O6/c19-16(25)13-7-11(23(28)29)8-22(18(13)27)9-15(24)21-14-4-2-1-3-12(14)17(26)20-10-5-6-10/h1-4,7-8,10H,5-6,9H2,(H2,19,25)(H,20,26)(H,21,24). The van der Waals surface area contributed by atoms with Crippen molar-refractivity contribution in [3.63, 3.8) is 0 Å². The SMILES string of the molecule is NC(=O)c1cc([N+](=O)[O-])cn(CC(=O)Nc2ccccc2C(=O)NC2CC2)c1=O. The number of nitrogens with two attached hydrogens (primary N) is 1. The molecule has 1 aliphatic rings. The van der Waals surface area contributed by atoms with Gasteiger partial charge in [0.05, 0.1) is 22.4 Å². The first kappa shape index (κ1) is 19.7. The van der Waals surface area contributed by atoms with Crippen LogP contribution in [0.4, 0.5) is 11.4 Å². The van der Waals surface area contributed by atoms with Crippen LogP contribution in [-0.2, 0) is 11.3 Å². The summed E-state index contributed by atoms with van der Waals surface area (Å²) in [6.07, 6.45) is 2.65. The highest BCUT2D eigenvalue weighted by atomic mass is 16.6. The average molecular weight is 399 g/mol. The third-order valence-electron chi connectivity index (χ3n) is 4.22. The van der Waals surface area contributed by atoms with Crippen LogP contribution in [0.1, 0.15) is 33.6 Å². The Bertz CT molecular complexity index is 1070. The maximum Gasteiger partial charge on any atom is 0.286 e. The summed E-state index contributed by atoms with van der Waals surface area (Å²) < 4.78 is 0.723. The van der Waals surface area contributed by atoms with Crippen LogP contribution in [0, 0.1) is 10.1 Å². The van der Waals surface area contributed by atoms with E-state index < -0.39 is 40.1 Å². The van der Waals surface area contributed by atoms with E-state index in [1.165, 1.54) is 12.1 Å². The number of nitrogens with one attached hydrogen (secondary N) is 2. The van der Waals surface area contributed by atoms with Crippen LogP contribution in [0.25, 0.3) is 0 Å². The number of para-hydroxylation sites is 1. The summed E-state index contributed by atoms with van der Waals surface area (Å²) in [5, 5.41) is 16.3. The molecule has 1 aromatic heterocycles. The number of aromatic nitrogens is 1. The van der Waals surface area contributed by atoms with Gasteiger partial charge in [0.2, 0.25) is 5.91 Å². The van der Waals surface area contributed by atoms with Crippen molar-refractivity contribution in [2.24, 2.45) is 5.73 Å². The second-order valence-electron chi connectivity index (χ2n) is 6.51. The second kappa shape index (κ2) is 7.92. The minimum absolute atomic E-state index is 0.127. The molecular weight excluding hydrogens is 382 g/mol. The molecule has 1 saturated carbocycles. The molecular formula is C18H17N5O6. The van der Waals surface area contributed by atoms with Crippen molar-refractivity contribution < 1.29 is 19.3 Å². The quantitative estimate of drug-likeness (QED) is 0.450. The van der Waals surface area contributed by atoms with Crippen molar-refractivity contribution >= 4 is 29.1 Å². The molecule has 11 nitrogen and oxygen atoms in total. The summed E-state index contributed by atoms with van der Waals surface area (Å²) in [7, 11) is 0. The van der Waals surface area contributed by atoms with Crippen LogP contribution in [0.3, 0.4) is 0 Å². The summed E-state index contributed by atoms with van der Waals surface area (Å²) >= 11 is 0. The van der Waals surface area contributed by atoms with Crippen molar-refractivity contribution in [1.82, 2.24) is 9.88 Å². The normalized spacial score (nSPS) is 12.8. The smallest absolute Gasteiger partial charge is 0.286 e. The van der Waals surface area contributed by atoms with E-state index in [0.29, 0.717) is 0 Å². The van der Waals surface area contributed by atoms with Gasteiger partial charge in [-0.25, -0.2) is 0 Å². The van der Waals surface area contributed by atoms with E-state index in [9.17, 15) is 29.3 Å². The van der Waals surface area contributed by atoms with Gasteiger partial charge in [0.25, 0.3) is 23.1 Å². The Balaban J connectivity index is 1.83. The predicted molar refractivity (Wildman–Crippen MR) is 101 cm³/mol. The average Bonchev–Trinajstić information content (AvgIpc) is 3.47. The van der Waals surface area contributed by atoms with Crippen LogP contribution >= 0.6 is 0 Å². The first-order valence-electron chi connectivity index (χ1n) is 8.64. The van der Waals surface area contributed by atoms with Crippen LogP contribution in [-0.4, -0.2) is 33.3 Å². The number of carbonyl (C=O) groups excluding carboxylic acids is 3. The van der Waals surface area contributed by atoms with Gasteiger partial charge in [0, 0.05) is 12.1 Å². The Morgan fingerprint density at radius 1 is 1.21 bits per heavy atom. The molecule has 3 amide bonds. The van der Waals surface area contributed by atoms with Crippen molar-refractivity contribution in [3.8, 4) is 0 Å². The summed E-state index contributed by atoms with van der Waals surface area (Å²) in [4.78, 5) is 58.6.